The van der Waals surface area contributed by atoms with E-state index >= 15 is 0 Å². The first-order valence-electron chi connectivity index (χ1n) is 0.667. The monoisotopic (exact) mass is 307 g/mol. The zero-order chi connectivity index (χ0) is 4.50. The van der Waals surface area contributed by atoms with Crippen molar-refractivity contribution in [3.05, 3.63) is 0 Å². The molecule has 0 aliphatic rings. The van der Waals surface area contributed by atoms with Crippen molar-refractivity contribution in [2.24, 2.45) is 0 Å². The zero-order valence-corrected chi connectivity index (χ0v) is 6.59. The van der Waals surface area contributed by atoms with E-state index in [0.717, 1.165) is 0 Å². The summed E-state index contributed by atoms with van der Waals surface area (Å²) >= 11 is 0. The van der Waals surface area contributed by atoms with Crippen LogP contribution < -0.4 is 6.15 Å². The average molecular weight is 306 g/mol. The summed E-state index contributed by atoms with van der Waals surface area (Å²) in [5.41, 5.74) is 0. The molecule has 5 nitrogen and oxygen atoms in total. The summed E-state index contributed by atoms with van der Waals surface area (Å²) in [5.74, 6) is 0. The van der Waals surface area contributed by atoms with E-state index in [9.17, 15) is 0 Å². The van der Waals surface area contributed by atoms with Crippen LogP contribution in [0.3, 0.4) is 0 Å². The van der Waals surface area contributed by atoms with Crippen LogP contribution in [0, 0.1) is 0 Å². The van der Waals surface area contributed by atoms with E-state index in [1.54, 1.807) is 0 Å². The van der Waals surface area contributed by atoms with Gasteiger partial charge in [0.2, 0.25) is 0 Å². The fourth-order valence-corrected chi connectivity index (χ4v) is 0. The molecule has 0 aromatic rings. The Morgan fingerprint density at radius 1 is 1.14 bits per heavy atom. The SMILES string of the molecule is O=S(=O)([O-])[O-].[Ir+3].[NH4+]. The summed E-state index contributed by atoms with van der Waals surface area (Å²) in [6.07, 6.45) is 0. The molecule has 4 N–H and O–H groups in total. The van der Waals surface area contributed by atoms with E-state index in [-0.39, 0.29) is 26.3 Å². The van der Waals surface area contributed by atoms with E-state index in [4.69, 9.17) is 17.5 Å². The Hall–Kier alpha value is 0.479. The Morgan fingerprint density at radius 3 is 1.14 bits per heavy atom. The van der Waals surface area contributed by atoms with E-state index in [0.29, 0.717) is 0 Å². The summed E-state index contributed by atoms with van der Waals surface area (Å²) in [6.45, 7) is 0. The van der Waals surface area contributed by atoms with Crippen LogP contribution >= 0.6 is 0 Å². The number of rotatable bonds is 0. The quantitative estimate of drug-likeness (QED) is 0.458. The number of quaternary nitrogens is 1. The van der Waals surface area contributed by atoms with Gasteiger partial charge in [0, 0.05) is 10.4 Å². The predicted octanol–water partition coefficient (Wildman–Crippen LogP) is -0.964. The molecule has 0 aromatic heterocycles. The van der Waals surface area contributed by atoms with Crippen molar-refractivity contribution in [3.63, 3.8) is 0 Å². The van der Waals surface area contributed by atoms with E-state index < -0.39 is 10.4 Å². The number of hydrogen-bond donors (Lipinski definition) is 1. The maximum Gasteiger partial charge on any atom is 3.00 e. The van der Waals surface area contributed by atoms with Gasteiger partial charge >= 0.3 is 20.1 Å². The topological polar surface area (TPSA) is 117 Å². The molecule has 0 spiro atoms. The maximum atomic E-state index is 8.52. The second-order valence-corrected chi connectivity index (χ2v) is 1.22. The molecule has 0 aliphatic heterocycles. The first-order chi connectivity index (χ1) is 2.00. The van der Waals surface area contributed by atoms with Crippen LogP contribution in [0.25, 0.3) is 0 Å². The van der Waals surface area contributed by atoms with Gasteiger partial charge in [0.1, 0.15) is 0 Å². The third-order valence-electron chi connectivity index (χ3n) is 0. The Morgan fingerprint density at radius 2 is 1.14 bits per heavy atom. The molecule has 0 atom stereocenters. The van der Waals surface area contributed by atoms with Crippen LogP contribution in [0.1, 0.15) is 0 Å². The van der Waals surface area contributed by atoms with Gasteiger partial charge in [0.05, 0.1) is 0 Å². The minimum absolute atomic E-state index is 0. The molecule has 0 amide bonds. The first kappa shape index (κ1) is 15.6. The van der Waals surface area contributed by atoms with Crippen LogP contribution in [-0.2, 0) is 30.5 Å². The molecule has 0 fully saturated rings. The molecule has 0 saturated carbocycles. The predicted molar refractivity (Wildman–Crippen MR) is 16.5 cm³/mol. The molecule has 0 unspecified atom stereocenters. The van der Waals surface area contributed by atoms with Gasteiger partial charge in [-0.3, -0.25) is 8.42 Å². The standard InChI is InChI=1S/Ir.H3N.H2O4S/c;;1-5(2,3)4/h;1H3;(H2,1,2,3,4)/q+3;;/p-1. The molecule has 0 saturated heterocycles. The summed E-state index contributed by atoms with van der Waals surface area (Å²) in [5, 5.41) is 0. The van der Waals surface area contributed by atoms with Crippen molar-refractivity contribution in [2.75, 3.05) is 0 Å². The molecular weight excluding hydrogens is 302 g/mol. The van der Waals surface area contributed by atoms with Gasteiger partial charge in [0.25, 0.3) is 0 Å². The second kappa shape index (κ2) is 4.63. The normalized spacial score (nSPS) is 8.29. The molecular formula is H4IrNO4S+2. The van der Waals surface area contributed by atoms with Gasteiger partial charge in [-0.05, 0) is 0 Å². The summed E-state index contributed by atoms with van der Waals surface area (Å²) < 4.78 is 34.1. The third kappa shape index (κ3) is 566. The zero-order valence-electron chi connectivity index (χ0n) is 3.37. The summed E-state index contributed by atoms with van der Waals surface area (Å²) in [6, 6.07) is 0. The largest absolute Gasteiger partial charge is 3.00 e. The molecule has 0 bridgehead atoms. The molecule has 0 aliphatic carbocycles. The molecule has 0 aromatic carbocycles. The fraction of sp³-hybridized carbons (Fsp3) is 0. The Balaban J connectivity index is -0.0000000800. The van der Waals surface area contributed by atoms with Gasteiger partial charge in [-0.25, -0.2) is 0 Å². The maximum absolute atomic E-state index is 8.52. The van der Waals surface area contributed by atoms with Crippen molar-refractivity contribution in [1.82, 2.24) is 6.15 Å². The van der Waals surface area contributed by atoms with Crippen molar-refractivity contribution >= 4 is 10.4 Å². The smallest absolute Gasteiger partial charge is 0.759 e. The summed E-state index contributed by atoms with van der Waals surface area (Å²) in [7, 11) is -5.17. The van der Waals surface area contributed by atoms with Gasteiger partial charge in [-0.2, -0.15) is 0 Å². The Bertz CT molecular complexity index is 94.9. The molecule has 7 heteroatoms. The van der Waals surface area contributed by atoms with E-state index in [1.165, 1.54) is 0 Å². The average Bonchev–Trinajstić information content (AvgIpc) is 0.722. The van der Waals surface area contributed by atoms with Crippen molar-refractivity contribution in [2.45, 2.75) is 0 Å². The van der Waals surface area contributed by atoms with Gasteiger partial charge < -0.3 is 15.3 Å². The number of hydrogen-bond acceptors (Lipinski definition) is 4. The molecule has 0 rings (SSSR count). The van der Waals surface area contributed by atoms with Crippen LogP contribution in [0.4, 0.5) is 0 Å². The van der Waals surface area contributed by atoms with E-state index in [2.05, 4.69) is 0 Å². The fourth-order valence-electron chi connectivity index (χ4n) is 0. The van der Waals surface area contributed by atoms with Crippen LogP contribution in [-0.4, -0.2) is 17.5 Å². The first-order valence-corrected chi connectivity index (χ1v) is 2.00. The molecule has 0 radical (unpaired) electrons. The minimum Gasteiger partial charge on any atom is -0.759 e. The molecule has 7 heavy (non-hydrogen) atoms. The van der Waals surface area contributed by atoms with Crippen molar-refractivity contribution in [3.8, 4) is 0 Å². The third-order valence-corrected chi connectivity index (χ3v) is 0. The van der Waals surface area contributed by atoms with Gasteiger partial charge in [0.15, 0.2) is 0 Å². The summed E-state index contributed by atoms with van der Waals surface area (Å²) in [4.78, 5) is 0. The van der Waals surface area contributed by atoms with Crippen LogP contribution in [0.5, 0.6) is 0 Å². The van der Waals surface area contributed by atoms with Crippen molar-refractivity contribution in [1.29, 1.82) is 0 Å². The van der Waals surface area contributed by atoms with Crippen molar-refractivity contribution < 1.29 is 37.6 Å². The minimum atomic E-state index is -5.17. The van der Waals surface area contributed by atoms with E-state index in [1.807, 2.05) is 0 Å². The molecule has 0 heterocycles. The Labute approximate surface area is 54.6 Å². The van der Waals surface area contributed by atoms with Gasteiger partial charge in [-0.15, -0.1) is 0 Å². The van der Waals surface area contributed by atoms with Crippen LogP contribution in [0.15, 0.2) is 0 Å². The Kier molecular flexibility index (Phi) is 10.4. The molecule has 46 valence electrons. The van der Waals surface area contributed by atoms with Gasteiger partial charge in [-0.1, -0.05) is 0 Å². The van der Waals surface area contributed by atoms with Crippen LogP contribution in [0.2, 0.25) is 0 Å². The second-order valence-electron chi connectivity index (χ2n) is 0.408.